The third kappa shape index (κ3) is 1.61. The number of hydrogen-bond acceptors (Lipinski definition) is 4. The zero-order valence-electron chi connectivity index (χ0n) is 8.15. The van der Waals surface area contributed by atoms with Crippen molar-refractivity contribution in [1.82, 2.24) is 0 Å². The van der Waals surface area contributed by atoms with Crippen molar-refractivity contribution < 1.29 is 4.92 Å². The highest BCUT2D eigenvalue weighted by molar-refractivity contribution is 5.73. The standard InChI is InChI=1S/C9H13N3O2/c1-5(2)8-7(12(13)14)4-3-6(10)9(8)11/h3-5H,10-11H2,1-2H3. The van der Waals surface area contributed by atoms with Crippen LogP contribution in [0.1, 0.15) is 25.3 Å². The van der Waals surface area contributed by atoms with Crippen molar-refractivity contribution in [3.05, 3.63) is 27.8 Å². The van der Waals surface area contributed by atoms with E-state index in [1.54, 1.807) is 0 Å². The molecule has 0 saturated carbocycles. The lowest BCUT2D eigenvalue weighted by molar-refractivity contribution is -0.385. The molecule has 0 bridgehead atoms. The van der Waals surface area contributed by atoms with Crippen LogP contribution in [0.5, 0.6) is 0 Å². The average Bonchev–Trinajstić information content (AvgIpc) is 2.08. The second-order valence-corrected chi connectivity index (χ2v) is 3.41. The molecule has 0 aliphatic rings. The maximum atomic E-state index is 10.7. The highest BCUT2D eigenvalue weighted by Gasteiger charge is 2.20. The van der Waals surface area contributed by atoms with E-state index in [1.165, 1.54) is 12.1 Å². The molecule has 0 saturated heterocycles. The van der Waals surface area contributed by atoms with E-state index >= 15 is 0 Å². The van der Waals surface area contributed by atoms with Gasteiger partial charge in [-0.05, 0) is 12.0 Å². The smallest absolute Gasteiger partial charge is 0.275 e. The molecule has 4 N–H and O–H groups in total. The van der Waals surface area contributed by atoms with Gasteiger partial charge in [0.2, 0.25) is 0 Å². The molecule has 1 rings (SSSR count). The van der Waals surface area contributed by atoms with Gasteiger partial charge in [0.15, 0.2) is 0 Å². The normalized spacial score (nSPS) is 10.5. The average molecular weight is 195 g/mol. The number of anilines is 2. The van der Waals surface area contributed by atoms with Crippen molar-refractivity contribution in [3.8, 4) is 0 Å². The lowest BCUT2D eigenvalue weighted by atomic mass is 9.98. The molecule has 1 aromatic rings. The molecule has 76 valence electrons. The first-order chi connectivity index (χ1) is 6.45. The van der Waals surface area contributed by atoms with Crippen LogP contribution in [0.4, 0.5) is 17.1 Å². The fourth-order valence-corrected chi connectivity index (χ4v) is 1.41. The predicted molar refractivity (Wildman–Crippen MR) is 56.0 cm³/mol. The molecule has 0 aromatic heterocycles. The van der Waals surface area contributed by atoms with Crippen LogP contribution in [0.25, 0.3) is 0 Å². The Kier molecular flexibility index (Phi) is 2.60. The summed E-state index contributed by atoms with van der Waals surface area (Å²) in [5.41, 5.74) is 12.5. The number of nitro groups is 1. The monoisotopic (exact) mass is 195 g/mol. The van der Waals surface area contributed by atoms with E-state index in [0.29, 0.717) is 16.9 Å². The molecule has 5 nitrogen and oxygen atoms in total. The number of nitrogen functional groups attached to an aromatic ring is 2. The van der Waals surface area contributed by atoms with Crippen LogP contribution in [0.2, 0.25) is 0 Å². The van der Waals surface area contributed by atoms with Gasteiger partial charge in [-0.25, -0.2) is 0 Å². The van der Waals surface area contributed by atoms with Crippen molar-refractivity contribution in [2.75, 3.05) is 11.5 Å². The summed E-state index contributed by atoms with van der Waals surface area (Å²) in [7, 11) is 0. The molecule has 0 aliphatic heterocycles. The Morgan fingerprint density at radius 2 is 1.93 bits per heavy atom. The Labute approximate surface area is 81.9 Å². The Morgan fingerprint density at radius 3 is 2.36 bits per heavy atom. The molecule has 0 heterocycles. The minimum absolute atomic E-state index is 0.0149. The summed E-state index contributed by atoms with van der Waals surface area (Å²) in [5, 5.41) is 10.7. The molecule has 1 aromatic carbocycles. The van der Waals surface area contributed by atoms with E-state index in [2.05, 4.69) is 0 Å². The fraction of sp³-hybridized carbons (Fsp3) is 0.333. The first-order valence-corrected chi connectivity index (χ1v) is 4.27. The van der Waals surface area contributed by atoms with E-state index in [0.717, 1.165) is 0 Å². The van der Waals surface area contributed by atoms with Gasteiger partial charge in [0.05, 0.1) is 21.9 Å². The lowest BCUT2D eigenvalue weighted by Gasteiger charge is -2.11. The number of nitrogens with two attached hydrogens (primary N) is 2. The van der Waals surface area contributed by atoms with Gasteiger partial charge in [-0.15, -0.1) is 0 Å². The highest BCUT2D eigenvalue weighted by Crippen LogP contribution is 2.34. The Morgan fingerprint density at radius 1 is 1.36 bits per heavy atom. The van der Waals surface area contributed by atoms with Crippen LogP contribution in [-0.4, -0.2) is 4.92 Å². The summed E-state index contributed by atoms with van der Waals surface area (Å²) in [4.78, 5) is 10.3. The van der Waals surface area contributed by atoms with Gasteiger partial charge in [-0.1, -0.05) is 13.8 Å². The highest BCUT2D eigenvalue weighted by atomic mass is 16.6. The van der Waals surface area contributed by atoms with E-state index in [9.17, 15) is 10.1 Å². The van der Waals surface area contributed by atoms with Gasteiger partial charge < -0.3 is 11.5 Å². The summed E-state index contributed by atoms with van der Waals surface area (Å²) in [6, 6.07) is 2.85. The molecule has 0 fully saturated rings. The largest absolute Gasteiger partial charge is 0.397 e. The van der Waals surface area contributed by atoms with Gasteiger partial charge in [0.1, 0.15) is 0 Å². The van der Waals surface area contributed by atoms with Crippen LogP contribution in [-0.2, 0) is 0 Å². The number of hydrogen-bond donors (Lipinski definition) is 2. The molecule has 14 heavy (non-hydrogen) atoms. The Hall–Kier alpha value is -1.78. The zero-order valence-corrected chi connectivity index (χ0v) is 8.15. The van der Waals surface area contributed by atoms with Crippen molar-refractivity contribution in [3.63, 3.8) is 0 Å². The van der Waals surface area contributed by atoms with Crippen LogP contribution in [0.15, 0.2) is 12.1 Å². The van der Waals surface area contributed by atoms with E-state index in [4.69, 9.17) is 11.5 Å². The van der Waals surface area contributed by atoms with Gasteiger partial charge >= 0.3 is 0 Å². The first kappa shape index (κ1) is 10.3. The molecule has 0 spiro atoms. The van der Waals surface area contributed by atoms with Gasteiger partial charge in [-0.3, -0.25) is 10.1 Å². The molecular weight excluding hydrogens is 182 g/mol. The predicted octanol–water partition coefficient (Wildman–Crippen LogP) is 1.88. The van der Waals surface area contributed by atoms with Crippen molar-refractivity contribution in [1.29, 1.82) is 0 Å². The quantitative estimate of drug-likeness (QED) is 0.428. The Bertz CT molecular complexity index is 375. The van der Waals surface area contributed by atoms with Crippen LogP contribution >= 0.6 is 0 Å². The summed E-state index contributed by atoms with van der Waals surface area (Å²) in [6.07, 6.45) is 0. The molecule has 0 radical (unpaired) electrons. The first-order valence-electron chi connectivity index (χ1n) is 4.27. The fourth-order valence-electron chi connectivity index (χ4n) is 1.41. The number of nitrogens with zero attached hydrogens (tertiary/aromatic N) is 1. The van der Waals surface area contributed by atoms with Crippen molar-refractivity contribution in [2.45, 2.75) is 19.8 Å². The van der Waals surface area contributed by atoms with Crippen molar-refractivity contribution in [2.24, 2.45) is 0 Å². The molecule has 0 unspecified atom stereocenters. The lowest BCUT2D eigenvalue weighted by Crippen LogP contribution is -2.05. The third-order valence-corrected chi connectivity index (χ3v) is 2.07. The van der Waals surface area contributed by atoms with E-state index in [1.807, 2.05) is 13.8 Å². The maximum Gasteiger partial charge on any atom is 0.275 e. The minimum atomic E-state index is -0.439. The topological polar surface area (TPSA) is 95.2 Å². The second kappa shape index (κ2) is 3.53. The summed E-state index contributed by atoms with van der Waals surface area (Å²) < 4.78 is 0. The summed E-state index contributed by atoms with van der Waals surface area (Å²) in [5.74, 6) is -0.0149. The van der Waals surface area contributed by atoms with Crippen molar-refractivity contribution >= 4 is 17.1 Å². The summed E-state index contributed by atoms with van der Waals surface area (Å²) in [6.45, 7) is 3.69. The van der Waals surface area contributed by atoms with E-state index in [-0.39, 0.29) is 11.6 Å². The number of benzene rings is 1. The van der Waals surface area contributed by atoms with Crippen LogP contribution in [0.3, 0.4) is 0 Å². The Balaban J connectivity index is 3.45. The minimum Gasteiger partial charge on any atom is -0.397 e. The molecule has 0 amide bonds. The SMILES string of the molecule is CC(C)c1c([N+](=O)[O-])ccc(N)c1N. The number of rotatable bonds is 2. The van der Waals surface area contributed by atoms with Gasteiger partial charge in [-0.2, -0.15) is 0 Å². The third-order valence-electron chi connectivity index (χ3n) is 2.07. The second-order valence-electron chi connectivity index (χ2n) is 3.41. The van der Waals surface area contributed by atoms with Crippen LogP contribution in [0, 0.1) is 10.1 Å². The zero-order chi connectivity index (χ0) is 10.9. The summed E-state index contributed by atoms with van der Waals surface area (Å²) >= 11 is 0. The molecule has 5 heteroatoms. The molecular formula is C9H13N3O2. The van der Waals surface area contributed by atoms with Crippen LogP contribution < -0.4 is 11.5 Å². The molecule has 0 aliphatic carbocycles. The molecule has 0 atom stereocenters. The van der Waals surface area contributed by atoms with E-state index < -0.39 is 4.92 Å². The maximum absolute atomic E-state index is 10.7. The number of nitro benzene ring substituents is 1. The van der Waals surface area contributed by atoms with Gasteiger partial charge in [0.25, 0.3) is 5.69 Å². The van der Waals surface area contributed by atoms with Gasteiger partial charge in [0, 0.05) is 6.07 Å².